The maximum atomic E-state index is 12.1. The quantitative estimate of drug-likeness (QED) is 0.614. The molecule has 0 radical (unpaired) electrons. The Labute approximate surface area is 151 Å². The summed E-state index contributed by atoms with van der Waals surface area (Å²) in [5.74, 6) is -0.778. The normalized spacial score (nSPS) is 17.3. The lowest BCUT2D eigenvalue weighted by atomic mass is 10.1. The van der Waals surface area contributed by atoms with Gasteiger partial charge in [-0.3, -0.25) is 9.59 Å². The molecule has 128 valence electrons. The fourth-order valence-corrected chi connectivity index (χ4v) is 2.94. The molecule has 0 aliphatic carbocycles. The minimum absolute atomic E-state index is 0.0557. The van der Waals surface area contributed by atoms with Crippen LogP contribution in [-0.2, 0) is 14.3 Å². The van der Waals surface area contributed by atoms with Gasteiger partial charge in [-0.1, -0.05) is 48.0 Å². The Morgan fingerprint density at radius 2 is 1.64 bits per heavy atom. The molecule has 0 spiro atoms. The van der Waals surface area contributed by atoms with Crippen LogP contribution < -0.4 is 4.90 Å². The van der Waals surface area contributed by atoms with Gasteiger partial charge in [0.25, 0.3) is 0 Å². The molecule has 1 amide bonds. The number of rotatable bonds is 4. The molecule has 0 bridgehead atoms. The number of methoxy groups -OCH3 is 1. The number of hydrogen-bond acceptors (Lipinski definition) is 3. The van der Waals surface area contributed by atoms with Crippen LogP contribution in [0.15, 0.2) is 48.5 Å². The predicted octanol–water partition coefficient (Wildman–Crippen LogP) is 4.04. The summed E-state index contributed by atoms with van der Waals surface area (Å²) < 4.78 is 4.73. The van der Waals surface area contributed by atoms with Crippen LogP contribution in [0.3, 0.4) is 0 Å². The average molecular weight is 356 g/mol. The van der Waals surface area contributed by atoms with Crippen LogP contribution in [0.2, 0.25) is 5.02 Å². The topological polar surface area (TPSA) is 46.6 Å². The summed E-state index contributed by atoms with van der Waals surface area (Å²) >= 11 is 5.87. The molecule has 0 N–H and O–H groups in total. The van der Waals surface area contributed by atoms with Gasteiger partial charge in [-0.2, -0.15) is 0 Å². The lowest BCUT2D eigenvalue weighted by Gasteiger charge is -2.16. The summed E-state index contributed by atoms with van der Waals surface area (Å²) in [6.45, 7) is 0.367. The molecule has 1 aliphatic heterocycles. The number of amides is 1. The molecule has 1 aliphatic rings. The highest BCUT2D eigenvalue weighted by molar-refractivity contribution is 6.30. The first-order chi connectivity index (χ1) is 12.1. The molecule has 4 nitrogen and oxygen atoms in total. The summed E-state index contributed by atoms with van der Waals surface area (Å²) in [5, 5.41) is 0.710. The molecule has 0 saturated carbocycles. The van der Waals surface area contributed by atoms with Crippen molar-refractivity contribution < 1.29 is 14.3 Å². The maximum Gasteiger partial charge on any atom is 0.311 e. The Hall–Kier alpha value is -2.59. The van der Waals surface area contributed by atoms with Gasteiger partial charge in [-0.15, -0.1) is 0 Å². The van der Waals surface area contributed by atoms with Crippen molar-refractivity contribution >= 4 is 41.3 Å². The number of carbonyl (C=O) groups is 2. The van der Waals surface area contributed by atoms with Crippen LogP contribution in [-0.4, -0.2) is 25.5 Å². The molecule has 1 saturated heterocycles. The second-order valence-electron chi connectivity index (χ2n) is 5.90. The van der Waals surface area contributed by atoms with E-state index in [4.69, 9.17) is 16.3 Å². The number of hydrogen-bond donors (Lipinski definition) is 0. The van der Waals surface area contributed by atoms with Crippen LogP contribution in [0, 0.1) is 5.92 Å². The van der Waals surface area contributed by atoms with E-state index in [-0.39, 0.29) is 24.2 Å². The summed E-state index contributed by atoms with van der Waals surface area (Å²) in [5.41, 5.74) is 2.87. The maximum absolute atomic E-state index is 12.1. The van der Waals surface area contributed by atoms with E-state index >= 15 is 0 Å². The first kappa shape index (κ1) is 17.2. The van der Waals surface area contributed by atoms with Crippen molar-refractivity contribution in [2.24, 2.45) is 5.92 Å². The summed E-state index contributed by atoms with van der Waals surface area (Å²) in [7, 11) is 1.34. The first-order valence-electron chi connectivity index (χ1n) is 7.99. The number of carbonyl (C=O) groups excluding carboxylic acids is 2. The van der Waals surface area contributed by atoms with E-state index in [1.807, 2.05) is 60.7 Å². The van der Waals surface area contributed by atoms with Crippen LogP contribution in [0.5, 0.6) is 0 Å². The van der Waals surface area contributed by atoms with E-state index in [9.17, 15) is 9.59 Å². The Balaban J connectivity index is 1.69. The third-order valence-corrected chi connectivity index (χ3v) is 4.45. The van der Waals surface area contributed by atoms with E-state index in [1.54, 1.807) is 4.90 Å². The Morgan fingerprint density at radius 1 is 1.08 bits per heavy atom. The van der Waals surface area contributed by atoms with Crippen molar-refractivity contribution in [2.45, 2.75) is 6.42 Å². The number of ether oxygens (including phenoxy) is 1. The van der Waals surface area contributed by atoms with Gasteiger partial charge >= 0.3 is 5.97 Å². The highest BCUT2D eigenvalue weighted by Crippen LogP contribution is 2.26. The van der Waals surface area contributed by atoms with Gasteiger partial charge in [0.1, 0.15) is 0 Å². The van der Waals surface area contributed by atoms with Gasteiger partial charge in [0, 0.05) is 23.7 Å². The Morgan fingerprint density at radius 3 is 2.20 bits per heavy atom. The van der Waals surface area contributed by atoms with E-state index in [2.05, 4.69) is 0 Å². The molecular weight excluding hydrogens is 338 g/mol. The van der Waals surface area contributed by atoms with Crippen LogP contribution in [0.25, 0.3) is 12.2 Å². The minimum Gasteiger partial charge on any atom is -0.469 e. The minimum atomic E-state index is -0.387. The van der Waals surface area contributed by atoms with Crippen LogP contribution in [0.1, 0.15) is 17.5 Å². The lowest BCUT2D eigenvalue weighted by molar-refractivity contribution is -0.145. The predicted molar refractivity (Wildman–Crippen MR) is 99.3 cm³/mol. The fraction of sp³-hybridized carbons (Fsp3) is 0.200. The van der Waals surface area contributed by atoms with Gasteiger partial charge in [0.05, 0.1) is 13.0 Å². The smallest absolute Gasteiger partial charge is 0.311 e. The number of anilines is 1. The number of esters is 1. The molecule has 1 fully saturated rings. The fourth-order valence-electron chi connectivity index (χ4n) is 2.81. The van der Waals surface area contributed by atoms with E-state index in [0.717, 1.165) is 16.8 Å². The van der Waals surface area contributed by atoms with Crippen molar-refractivity contribution in [1.82, 2.24) is 0 Å². The Kier molecular flexibility index (Phi) is 5.19. The van der Waals surface area contributed by atoms with Crippen molar-refractivity contribution in [3.8, 4) is 0 Å². The second kappa shape index (κ2) is 7.53. The van der Waals surface area contributed by atoms with Crippen molar-refractivity contribution in [3.63, 3.8) is 0 Å². The van der Waals surface area contributed by atoms with Gasteiger partial charge in [0.2, 0.25) is 5.91 Å². The molecule has 1 heterocycles. The first-order valence-corrected chi connectivity index (χ1v) is 8.36. The largest absolute Gasteiger partial charge is 0.469 e. The van der Waals surface area contributed by atoms with Crippen molar-refractivity contribution in [1.29, 1.82) is 0 Å². The number of nitrogens with zero attached hydrogens (tertiary/aromatic N) is 1. The highest BCUT2D eigenvalue weighted by atomic mass is 35.5. The monoisotopic (exact) mass is 355 g/mol. The molecule has 3 rings (SSSR count). The molecule has 2 aromatic carbocycles. The molecule has 5 heteroatoms. The standard InChI is InChI=1S/C20H18ClNO3/c1-25-20(24)16-12-19(23)22(13-16)18-10-6-15(7-11-18)3-2-14-4-8-17(21)9-5-14/h2-11,16H,12-13H2,1H3. The zero-order valence-electron chi connectivity index (χ0n) is 13.8. The molecule has 1 atom stereocenters. The zero-order valence-corrected chi connectivity index (χ0v) is 14.6. The summed E-state index contributed by atoms with van der Waals surface area (Å²) in [6, 6.07) is 15.3. The van der Waals surface area contributed by atoms with Crippen LogP contribution >= 0.6 is 11.6 Å². The van der Waals surface area contributed by atoms with E-state index in [0.29, 0.717) is 11.6 Å². The molecule has 0 aromatic heterocycles. The number of benzene rings is 2. The van der Waals surface area contributed by atoms with Gasteiger partial charge in [0.15, 0.2) is 0 Å². The average Bonchev–Trinajstić information content (AvgIpc) is 3.03. The third kappa shape index (κ3) is 4.09. The van der Waals surface area contributed by atoms with E-state index < -0.39 is 0 Å². The van der Waals surface area contributed by atoms with Gasteiger partial charge in [-0.25, -0.2) is 0 Å². The van der Waals surface area contributed by atoms with Crippen LogP contribution in [0.4, 0.5) is 5.69 Å². The summed E-state index contributed by atoms with van der Waals surface area (Å²) in [4.78, 5) is 25.4. The van der Waals surface area contributed by atoms with E-state index in [1.165, 1.54) is 7.11 Å². The SMILES string of the molecule is COC(=O)C1CC(=O)N(c2ccc(C=Cc3ccc(Cl)cc3)cc2)C1. The summed E-state index contributed by atoms with van der Waals surface area (Å²) in [6.07, 6.45) is 4.20. The highest BCUT2D eigenvalue weighted by Gasteiger charge is 2.35. The molecule has 2 aromatic rings. The molecule has 25 heavy (non-hydrogen) atoms. The van der Waals surface area contributed by atoms with Crippen molar-refractivity contribution in [3.05, 3.63) is 64.7 Å². The molecule has 1 unspecified atom stereocenters. The lowest BCUT2D eigenvalue weighted by Crippen LogP contribution is -2.26. The van der Waals surface area contributed by atoms with Gasteiger partial charge in [-0.05, 0) is 35.4 Å². The third-order valence-electron chi connectivity index (χ3n) is 4.20. The molecular formula is C20H18ClNO3. The second-order valence-corrected chi connectivity index (χ2v) is 6.34. The van der Waals surface area contributed by atoms with Gasteiger partial charge < -0.3 is 9.64 Å². The Bertz CT molecular complexity index is 797. The number of halogens is 1. The van der Waals surface area contributed by atoms with Crippen molar-refractivity contribution in [2.75, 3.05) is 18.6 Å². The zero-order chi connectivity index (χ0) is 17.8.